The molecule has 0 bridgehead atoms. The zero-order chi connectivity index (χ0) is 20.8. The van der Waals surface area contributed by atoms with Gasteiger partial charge in [0.2, 0.25) is 23.8 Å². The number of fused-ring (bicyclic) bond motifs is 1. The van der Waals surface area contributed by atoms with Gasteiger partial charge in [-0.3, -0.25) is 9.80 Å². The van der Waals surface area contributed by atoms with E-state index in [1.165, 1.54) is 11.8 Å². The number of aliphatic imine (C=N–C) groups is 1. The molecule has 0 aliphatic carbocycles. The Morgan fingerprint density at radius 2 is 2.07 bits per heavy atom. The normalized spacial score (nSPS) is 14.6. The first kappa shape index (κ1) is 19.8. The van der Waals surface area contributed by atoms with E-state index in [9.17, 15) is 4.79 Å². The van der Waals surface area contributed by atoms with Crippen molar-refractivity contribution in [2.45, 2.75) is 0 Å². The van der Waals surface area contributed by atoms with Gasteiger partial charge in [-0.2, -0.15) is 4.99 Å². The molecule has 0 saturated heterocycles. The zero-order valence-corrected chi connectivity index (χ0v) is 16.9. The Hall–Kier alpha value is -3.46. The first-order valence-corrected chi connectivity index (χ1v) is 10.3. The van der Waals surface area contributed by atoms with Crippen LogP contribution in [-0.4, -0.2) is 47.6 Å². The molecule has 9 heteroatoms. The fraction of sp³-hybridized carbons (Fsp3) is 0.190. The summed E-state index contributed by atoms with van der Waals surface area (Å²) >= 11 is 1.23. The van der Waals surface area contributed by atoms with Gasteiger partial charge in [0.05, 0.1) is 12.3 Å². The monoisotopic (exact) mass is 424 g/mol. The highest BCUT2D eigenvalue weighted by atomic mass is 32.2. The number of hydrogen-bond acceptors (Lipinski definition) is 8. The van der Waals surface area contributed by atoms with Gasteiger partial charge in [0.1, 0.15) is 12.3 Å². The van der Waals surface area contributed by atoms with Crippen molar-refractivity contribution in [3.8, 4) is 17.2 Å². The van der Waals surface area contributed by atoms with Crippen LogP contribution in [0, 0.1) is 0 Å². The fourth-order valence-electron chi connectivity index (χ4n) is 2.77. The summed E-state index contributed by atoms with van der Waals surface area (Å²) in [7, 11) is 0. The molecule has 2 heterocycles. The van der Waals surface area contributed by atoms with Crippen LogP contribution in [0.4, 0.5) is 5.69 Å². The molecule has 0 unspecified atom stereocenters. The molecule has 0 aromatic heterocycles. The summed E-state index contributed by atoms with van der Waals surface area (Å²) in [4.78, 5) is 16.8. The van der Waals surface area contributed by atoms with E-state index in [4.69, 9.17) is 14.2 Å². The minimum absolute atomic E-state index is 0.150. The van der Waals surface area contributed by atoms with Crippen LogP contribution in [0.5, 0.6) is 17.2 Å². The molecule has 2 aliphatic rings. The lowest BCUT2D eigenvalue weighted by atomic mass is 10.3. The van der Waals surface area contributed by atoms with Crippen LogP contribution in [-0.2, 0) is 4.79 Å². The number of ether oxygens (including phenoxy) is 3. The summed E-state index contributed by atoms with van der Waals surface area (Å²) in [5.41, 5.74) is 0.639. The summed E-state index contributed by atoms with van der Waals surface area (Å²) in [6, 6.07) is 14.7. The number of carbonyl (C=O) groups is 1. The van der Waals surface area contributed by atoms with Gasteiger partial charge in [-0.15, -0.1) is 11.7 Å². The molecule has 30 heavy (non-hydrogen) atoms. The third-order valence-electron chi connectivity index (χ3n) is 4.07. The highest BCUT2D eigenvalue weighted by Crippen LogP contribution is 2.34. The molecule has 4 rings (SSSR count). The Balaban J connectivity index is 1.37. The predicted molar refractivity (Wildman–Crippen MR) is 117 cm³/mol. The zero-order valence-electron chi connectivity index (χ0n) is 16.1. The summed E-state index contributed by atoms with van der Waals surface area (Å²) < 4.78 is 16.5. The van der Waals surface area contributed by atoms with Gasteiger partial charge in [0, 0.05) is 11.8 Å². The second-order valence-corrected chi connectivity index (χ2v) is 7.29. The largest absolute Gasteiger partial charge is 0.454 e. The molecule has 0 spiro atoms. The lowest BCUT2D eigenvalue weighted by Gasteiger charge is -2.23. The van der Waals surface area contributed by atoms with Crippen molar-refractivity contribution in [2.75, 3.05) is 31.0 Å². The first-order valence-electron chi connectivity index (χ1n) is 9.27. The second kappa shape index (κ2) is 9.36. The lowest BCUT2D eigenvalue weighted by molar-refractivity contribution is -0.113. The number of thioether (sulfide) groups is 1. The molecular formula is C21H20N4O4S. The number of rotatable bonds is 6. The average Bonchev–Trinajstić information content (AvgIpc) is 3.21. The maximum atomic E-state index is 12.4. The molecule has 0 saturated carbocycles. The van der Waals surface area contributed by atoms with E-state index in [0.29, 0.717) is 47.1 Å². The van der Waals surface area contributed by atoms with Crippen molar-refractivity contribution in [1.29, 1.82) is 0 Å². The lowest BCUT2D eigenvalue weighted by Crippen LogP contribution is -2.33. The van der Waals surface area contributed by atoms with Crippen LogP contribution in [0.1, 0.15) is 0 Å². The van der Waals surface area contributed by atoms with E-state index in [2.05, 4.69) is 22.0 Å². The number of hydrogen-bond donors (Lipinski definition) is 1. The molecule has 1 N–H and O–H groups in total. The van der Waals surface area contributed by atoms with Crippen molar-refractivity contribution in [2.24, 2.45) is 10.1 Å². The molecule has 1 amide bonds. The number of anilines is 1. The number of nitrogens with zero attached hydrogens (tertiary/aromatic N) is 3. The summed E-state index contributed by atoms with van der Waals surface area (Å²) in [5, 5.41) is 9.53. The summed E-state index contributed by atoms with van der Waals surface area (Å²) in [6.45, 7) is 4.91. The minimum Gasteiger partial charge on any atom is -0.454 e. The first-order chi connectivity index (χ1) is 14.7. The standard InChI is InChI=1S/C21H20N4O4S/c1-2-10-25-12-20(29-16-6-4-3-5-7-16)23-21(24-25)30-13-19(26)22-15-8-9-17-18(11-15)28-14-27-17/h2-9,11H,1,10,12-14H2,(H,22,26). The molecule has 0 fully saturated rings. The number of hydrazone groups is 1. The molecule has 0 radical (unpaired) electrons. The molecule has 8 nitrogen and oxygen atoms in total. The van der Waals surface area contributed by atoms with Crippen molar-refractivity contribution in [1.82, 2.24) is 5.01 Å². The third-order valence-corrected chi connectivity index (χ3v) is 4.91. The Bertz CT molecular complexity index is 994. The van der Waals surface area contributed by atoms with E-state index < -0.39 is 0 Å². The van der Waals surface area contributed by atoms with Crippen LogP contribution in [0.25, 0.3) is 0 Å². The predicted octanol–water partition coefficient (Wildman–Crippen LogP) is 3.34. The molecular weight excluding hydrogens is 404 g/mol. The topological polar surface area (TPSA) is 84.8 Å². The van der Waals surface area contributed by atoms with Gasteiger partial charge in [-0.05, 0) is 24.3 Å². The number of para-hydroxylation sites is 1. The molecule has 154 valence electrons. The number of nitrogens with one attached hydrogen (secondary N) is 1. The maximum Gasteiger partial charge on any atom is 0.234 e. The Morgan fingerprint density at radius 1 is 1.23 bits per heavy atom. The second-order valence-electron chi connectivity index (χ2n) is 6.34. The Kier molecular flexibility index (Phi) is 6.19. The highest BCUT2D eigenvalue weighted by molar-refractivity contribution is 8.14. The molecule has 2 aromatic rings. The third kappa shape index (κ3) is 5.12. The van der Waals surface area contributed by atoms with E-state index in [1.807, 2.05) is 30.3 Å². The van der Waals surface area contributed by atoms with Gasteiger partial charge in [0.25, 0.3) is 0 Å². The average molecular weight is 424 g/mol. The van der Waals surface area contributed by atoms with Crippen molar-refractivity contribution >= 4 is 34.4 Å². The van der Waals surface area contributed by atoms with Crippen LogP contribution < -0.4 is 19.5 Å². The number of amidine groups is 1. The van der Waals surface area contributed by atoms with Crippen LogP contribution >= 0.6 is 11.8 Å². The van der Waals surface area contributed by atoms with Crippen molar-refractivity contribution < 1.29 is 19.0 Å². The van der Waals surface area contributed by atoms with Crippen LogP contribution in [0.2, 0.25) is 0 Å². The molecule has 0 atom stereocenters. The summed E-state index contributed by atoms with van der Waals surface area (Å²) in [6.07, 6.45) is 1.75. The van der Waals surface area contributed by atoms with Gasteiger partial charge >= 0.3 is 0 Å². The molecule has 2 aliphatic heterocycles. The van der Waals surface area contributed by atoms with Crippen LogP contribution in [0.3, 0.4) is 0 Å². The van der Waals surface area contributed by atoms with E-state index in [0.717, 1.165) is 0 Å². The maximum absolute atomic E-state index is 12.4. The van der Waals surface area contributed by atoms with E-state index in [-0.39, 0.29) is 18.5 Å². The van der Waals surface area contributed by atoms with Gasteiger partial charge in [0.15, 0.2) is 11.5 Å². The number of benzene rings is 2. The highest BCUT2D eigenvalue weighted by Gasteiger charge is 2.19. The van der Waals surface area contributed by atoms with Gasteiger partial charge in [-0.1, -0.05) is 36.0 Å². The van der Waals surface area contributed by atoms with Crippen LogP contribution in [0.15, 0.2) is 71.3 Å². The van der Waals surface area contributed by atoms with E-state index >= 15 is 0 Å². The Morgan fingerprint density at radius 3 is 2.90 bits per heavy atom. The fourth-order valence-corrected chi connectivity index (χ4v) is 3.45. The minimum atomic E-state index is -0.178. The van der Waals surface area contributed by atoms with Gasteiger partial charge < -0.3 is 19.5 Å². The van der Waals surface area contributed by atoms with Crippen molar-refractivity contribution in [3.05, 3.63) is 61.2 Å². The number of carbonyl (C=O) groups excluding carboxylic acids is 1. The summed E-state index contributed by atoms with van der Waals surface area (Å²) in [5.74, 6) is 2.46. The molecule has 2 aromatic carbocycles. The van der Waals surface area contributed by atoms with Gasteiger partial charge in [-0.25, -0.2) is 0 Å². The Labute approximate surface area is 178 Å². The SMILES string of the molecule is C=CCN1CC(Oc2ccccc2)=NC(SCC(=O)Nc2ccc3c(c2)OCO3)=N1. The quantitative estimate of drug-likeness (QED) is 0.716. The van der Waals surface area contributed by atoms with Crippen molar-refractivity contribution in [3.63, 3.8) is 0 Å². The van der Waals surface area contributed by atoms with E-state index in [1.54, 1.807) is 29.3 Å². The number of amides is 1. The smallest absolute Gasteiger partial charge is 0.234 e.